The van der Waals surface area contributed by atoms with E-state index in [0.717, 1.165) is 37.3 Å². The van der Waals surface area contributed by atoms with Gasteiger partial charge in [0.2, 0.25) is 0 Å². The number of carbonyl (C=O) groups is 1. The summed E-state index contributed by atoms with van der Waals surface area (Å²) >= 11 is 0. The second-order valence-electron chi connectivity index (χ2n) is 8.24. The zero-order valence-electron chi connectivity index (χ0n) is 18.4. The smallest absolute Gasteiger partial charge is 0.261 e. The van der Waals surface area contributed by atoms with E-state index >= 15 is 0 Å². The van der Waals surface area contributed by atoms with Crippen molar-refractivity contribution in [2.75, 3.05) is 17.8 Å². The van der Waals surface area contributed by atoms with Gasteiger partial charge in [-0.25, -0.2) is 17.2 Å². The number of carbonyl (C=O) groups excluding carboxylic acids is 1. The first-order valence-corrected chi connectivity index (χ1v) is 12.4. The Bertz CT molecular complexity index is 1260. The Morgan fingerprint density at radius 2 is 1.50 bits per heavy atom. The van der Waals surface area contributed by atoms with Crippen LogP contribution in [0.25, 0.3) is 0 Å². The molecule has 178 valence electrons. The molecule has 1 heterocycles. The molecule has 0 unspecified atom stereocenters. The quantitative estimate of drug-likeness (QED) is 0.499. The highest BCUT2D eigenvalue weighted by Gasteiger charge is 2.17. The molecular formula is C25H25F2N3O3S. The molecule has 0 bridgehead atoms. The SMILES string of the molecule is O=C(NCc1ccc(CN2CCCC2)cc1)c1ccc(NS(=O)(=O)c2ccc(F)c(F)c2)cc1. The fourth-order valence-electron chi connectivity index (χ4n) is 3.79. The fraction of sp³-hybridized carbons (Fsp3) is 0.240. The molecular weight excluding hydrogens is 460 g/mol. The van der Waals surface area contributed by atoms with Crippen LogP contribution in [0.2, 0.25) is 0 Å². The molecule has 1 aliphatic heterocycles. The van der Waals surface area contributed by atoms with Gasteiger partial charge in [0.25, 0.3) is 15.9 Å². The number of benzene rings is 3. The number of nitrogens with zero attached hydrogens (tertiary/aromatic N) is 1. The van der Waals surface area contributed by atoms with E-state index in [4.69, 9.17) is 0 Å². The molecule has 2 N–H and O–H groups in total. The minimum atomic E-state index is -4.10. The molecule has 0 atom stereocenters. The Kier molecular flexibility index (Phi) is 7.23. The molecule has 6 nitrogen and oxygen atoms in total. The van der Waals surface area contributed by atoms with Crippen molar-refractivity contribution in [3.05, 3.63) is 95.1 Å². The molecule has 9 heteroatoms. The zero-order chi connectivity index (χ0) is 24.1. The number of amides is 1. The van der Waals surface area contributed by atoms with Crippen molar-refractivity contribution in [3.8, 4) is 0 Å². The minimum absolute atomic E-state index is 0.190. The van der Waals surface area contributed by atoms with Gasteiger partial charge in [-0.2, -0.15) is 0 Å². The third-order valence-electron chi connectivity index (χ3n) is 5.68. The Balaban J connectivity index is 1.31. The maximum atomic E-state index is 13.4. The molecule has 1 saturated heterocycles. The lowest BCUT2D eigenvalue weighted by molar-refractivity contribution is 0.0951. The summed E-state index contributed by atoms with van der Waals surface area (Å²) in [5.41, 5.74) is 2.78. The molecule has 0 aromatic heterocycles. The molecule has 3 aromatic carbocycles. The highest BCUT2D eigenvalue weighted by molar-refractivity contribution is 7.92. The average molecular weight is 486 g/mol. The maximum Gasteiger partial charge on any atom is 0.261 e. The average Bonchev–Trinajstić information content (AvgIpc) is 3.33. The standard InChI is InChI=1S/C25H25F2N3O3S/c26-23-12-11-22(15-24(23)27)34(32,33)29-21-9-7-20(8-10-21)25(31)28-16-18-3-5-19(6-4-18)17-30-13-1-2-14-30/h3-12,15,29H,1-2,13-14,16-17H2,(H,28,31). The van der Waals surface area contributed by atoms with Crippen LogP contribution in [0.1, 0.15) is 34.3 Å². The van der Waals surface area contributed by atoms with Crippen molar-refractivity contribution in [2.24, 2.45) is 0 Å². The monoisotopic (exact) mass is 485 g/mol. The van der Waals surface area contributed by atoms with Crippen molar-refractivity contribution < 1.29 is 22.0 Å². The lowest BCUT2D eigenvalue weighted by Crippen LogP contribution is -2.23. The molecule has 3 aromatic rings. The number of halogens is 2. The maximum absolute atomic E-state index is 13.4. The predicted molar refractivity (Wildman–Crippen MR) is 126 cm³/mol. The van der Waals surface area contributed by atoms with Crippen LogP contribution in [0.4, 0.5) is 14.5 Å². The predicted octanol–water partition coefficient (Wildman–Crippen LogP) is 4.29. The second-order valence-corrected chi connectivity index (χ2v) is 9.92. The molecule has 4 rings (SSSR count). The summed E-state index contributed by atoms with van der Waals surface area (Å²) in [6.45, 7) is 3.60. The molecule has 1 amide bonds. The van der Waals surface area contributed by atoms with Crippen molar-refractivity contribution in [3.63, 3.8) is 0 Å². The van der Waals surface area contributed by atoms with E-state index in [0.29, 0.717) is 18.2 Å². The van der Waals surface area contributed by atoms with E-state index in [9.17, 15) is 22.0 Å². The van der Waals surface area contributed by atoms with E-state index < -0.39 is 26.6 Å². The Morgan fingerprint density at radius 1 is 0.853 bits per heavy atom. The van der Waals surface area contributed by atoms with Crippen LogP contribution in [-0.2, 0) is 23.1 Å². The molecule has 1 fully saturated rings. The first kappa shape index (κ1) is 23.8. The van der Waals surface area contributed by atoms with Gasteiger partial charge in [0.05, 0.1) is 4.90 Å². The van der Waals surface area contributed by atoms with E-state index in [1.165, 1.54) is 42.7 Å². The molecule has 34 heavy (non-hydrogen) atoms. The number of sulfonamides is 1. The van der Waals surface area contributed by atoms with Crippen molar-refractivity contribution in [1.29, 1.82) is 0 Å². The third-order valence-corrected chi connectivity index (χ3v) is 7.06. The van der Waals surface area contributed by atoms with Crippen molar-refractivity contribution in [2.45, 2.75) is 30.8 Å². The largest absolute Gasteiger partial charge is 0.348 e. The minimum Gasteiger partial charge on any atom is -0.348 e. The van der Waals surface area contributed by atoms with Crippen LogP contribution >= 0.6 is 0 Å². The summed E-state index contributed by atoms with van der Waals surface area (Å²) in [6, 6.07) is 16.3. The number of rotatable bonds is 8. The van der Waals surface area contributed by atoms with E-state index in [1.54, 1.807) is 0 Å². The van der Waals surface area contributed by atoms with Gasteiger partial charge in [-0.15, -0.1) is 0 Å². The lowest BCUT2D eigenvalue weighted by Gasteiger charge is -2.14. The van der Waals surface area contributed by atoms with Crippen LogP contribution in [0, 0.1) is 11.6 Å². The van der Waals surface area contributed by atoms with Crippen LogP contribution in [0.3, 0.4) is 0 Å². The van der Waals surface area contributed by atoms with Gasteiger partial charge < -0.3 is 5.32 Å². The van der Waals surface area contributed by atoms with Gasteiger partial charge in [-0.1, -0.05) is 24.3 Å². The fourth-order valence-corrected chi connectivity index (χ4v) is 4.86. The summed E-state index contributed by atoms with van der Waals surface area (Å²) in [4.78, 5) is 14.5. The van der Waals surface area contributed by atoms with E-state index in [2.05, 4.69) is 27.1 Å². The summed E-state index contributed by atoms with van der Waals surface area (Å²) < 4.78 is 53.5. The topological polar surface area (TPSA) is 78.5 Å². The van der Waals surface area contributed by atoms with Gasteiger partial charge in [0.1, 0.15) is 0 Å². The first-order chi connectivity index (χ1) is 16.3. The summed E-state index contributed by atoms with van der Waals surface area (Å²) in [6.07, 6.45) is 2.51. The number of hydrogen-bond acceptors (Lipinski definition) is 4. The van der Waals surface area contributed by atoms with E-state index in [-0.39, 0.29) is 11.6 Å². The molecule has 1 aliphatic rings. The lowest BCUT2D eigenvalue weighted by atomic mass is 10.1. The molecule has 0 saturated carbocycles. The Morgan fingerprint density at radius 3 is 2.15 bits per heavy atom. The molecule has 0 spiro atoms. The zero-order valence-corrected chi connectivity index (χ0v) is 19.2. The normalized spacial score (nSPS) is 14.2. The first-order valence-electron chi connectivity index (χ1n) is 11.0. The van der Waals surface area contributed by atoms with Crippen LogP contribution < -0.4 is 10.0 Å². The van der Waals surface area contributed by atoms with E-state index in [1.807, 2.05) is 12.1 Å². The van der Waals surface area contributed by atoms with Crippen molar-refractivity contribution >= 4 is 21.6 Å². The van der Waals surface area contributed by atoms with Crippen LogP contribution in [0.15, 0.2) is 71.6 Å². The summed E-state index contributed by atoms with van der Waals surface area (Å²) in [5, 5.41) is 2.85. The van der Waals surface area contributed by atoms with Gasteiger partial charge in [0.15, 0.2) is 11.6 Å². The highest BCUT2D eigenvalue weighted by atomic mass is 32.2. The number of hydrogen-bond donors (Lipinski definition) is 2. The summed E-state index contributed by atoms with van der Waals surface area (Å²) in [5.74, 6) is -2.68. The van der Waals surface area contributed by atoms with Crippen LogP contribution in [-0.4, -0.2) is 32.3 Å². The third kappa shape index (κ3) is 5.98. The van der Waals surface area contributed by atoms with Gasteiger partial charge in [-0.05, 0) is 79.5 Å². The Labute approximate surface area is 197 Å². The number of likely N-dealkylation sites (tertiary alicyclic amines) is 1. The summed E-state index contributed by atoms with van der Waals surface area (Å²) in [7, 11) is -4.10. The molecule has 0 radical (unpaired) electrons. The van der Waals surface area contributed by atoms with Gasteiger partial charge in [0, 0.05) is 24.3 Å². The van der Waals surface area contributed by atoms with Gasteiger partial charge in [-0.3, -0.25) is 14.4 Å². The molecule has 0 aliphatic carbocycles. The second kappa shape index (κ2) is 10.3. The Hall–Kier alpha value is -3.30. The highest BCUT2D eigenvalue weighted by Crippen LogP contribution is 2.19. The van der Waals surface area contributed by atoms with Crippen LogP contribution in [0.5, 0.6) is 0 Å². The van der Waals surface area contributed by atoms with Crippen molar-refractivity contribution in [1.82, 2.24) is 10.2 Å². The van der Waals surface area contributed by atoms with Gasteiger partial charge >= 0.3 is 0 Å². The number of nitrogens with one attached hydrogen (secondary N) is 2. The number of anilines is 1.